The maximum atomic E-state index is 12.4. The van der Waals surface area contributed by atoms with Crippen LogP contribution in [-0.2, 0) is 21.3 Å². The van der Waals surface area contributed by atoms with Crippen LogP contribution in [0.1, 0.15) is 5.56 Å². The van der Waals surface area contributed by atoms with E-state index < -0.39 is 16.1 Å². The Morgan fingerprint density at radius 1 is 1.18 bits per heavy atom. The second kappa shape index (κ2) is 9.08. The molecule has 1 saturated heterocycles. The van der Waals surface area contributed by atoms with E-state index >= 15 is 0 Å². The summed E-state index contributed by atoms with van der Waals surface area (Å²) in [4.78, 5) is 23.0. The minimum Gasteiger partial charge on any atom is -0.494 e. The molecule has 5 heterocycles. The van der Waals surface area contributed by atoms with Crippen molar-refractivity contribution < 1.29 is 22.7 Å². The van der Waals surface area contributed by atoms with Crippen LogP contribution in [-0.4, -0.2) is 70.4 Å². The fraction of sp³-hybridized carbons (Fsp3) is 0.208. The molecule has 0 aliphatic carbocycles. The van der Waals surface area contributed by atoms with Crippen molar-refractivity contribution in [3.05, 3.63) is 60.7 Å². The number of hydrogen-bond donors (Lipinski definition) is 1. The van der Waals surface area contributed by atoms with Gasteiger partial charge in [-0.25, -0.2) is 32.1 Å². The van der Waals surface area contributed by atoms with E-state index in [1.807, 2.05) is 6.07 Å². The summed E-state index contributed by atoms with van der Waals surface area (Å²) in [6, 6.07) is 8.95. The SMILES string of the molecule is COc1cc(CNS(C)(=O)=O)ccc1-n1nc(N2CCOC2=O)c2cnc(-c3cnn4cccnc34)cc21. The zero-order chi connectivity index (χ0) is 26.4. The summed E-state index contributed by atoms with van der Waals surface area (Å²) in [5.41, 5.74) is 3.96. The second-order valence-electron chi connectivity index (χ2n) is 8.63. The van der Waals surface area contributed by atoms with Crippen LogP contribution in [0.15, 0.2) is 55.1 Å². The Balaban J connectivity index is 1.52. The first-order valence-electron chi connectivity index (χ1n) is 11.6. The Hall–Kier alpha value is -4.56. The highest BCUT2D eigenvalue weighted by Crippen LogP contribution is 2.35. The van der Waals surface area contributed by atoms with Crippen LogP contribution in [0.4, 0.5) is 10.6 Å². The number of sulfonamides is 1. The smallest absolute Gasteiger partial charge is 0.415 e. The monoisotopic (exact) mass is 534 g/mol. The van der Waals surface area contributed by atoms with Crippen molar-refractivity contribution >= 4 is 38.5 Å². The molecule has 1 amide bonds. The number of amides is 1. The number of carbonyl (C=O) groups is 1. The van der Waals surface area contributed by atoms with Gasteiger partial charge in [-0.1, -0.05) is 6.07 Å². The average Bonchev–Trinajstić information content (AvgIpc) is 3.63. The summed E-state index contributed by atoms with van der Waals surface area (Å²) in [6.45, 7) is 0.728. The first kappa shape index (κ1) is 23.8. The zero-order valence-corrected chi connectivity index (χ0v) is 21.2. The van der Waals surface area contributed by atoms with E-state index in [1.54, 1.807) is 58.3 Å². The van der Waals surface area contributed by atoms with Gasteiger partial charge in [0.2, 0.25) is 10.0 Å². The number of hydrogen-bond acceptors (Lipinski definition) is 9. The topological polar surface area (TPSA) is 146 Å². The number of fused-ring (bicyclic) bond motifs is 2. The molecular formula is C24H22N8O5S. The minimum absolute atomic E-state index is 0.107. The maximum absolute atomic E-state index is 12.4. The van der Waals surface area contributed by atoms with Crippen LogP contribution in [0, 0.1) is 0 Å². The molecule has 1 fully saturated rings. The molecule has 6 rings (SSSR count). The van der Waals surface area contributed by atoms with Gasteiger partial charge in [-0.15, -0.1) is 5.10 Å². The van der Waals surface area contributed by atoms with Crippen LogP contribution in [0.25, 0.3) is 33.5 Å². The molecule has 194 valence electrons. The van der Waals surface area contributed by atoms with E-state index in [4.69, 9.17) is 14.6 Å². The summed E-state index contributed by atoms with van der Waals surface area (Å²) >= 11 is 0. The molecule has 1 N–H and O–H groups in total. The predicted molar refractivity (Wildman–Crippen MR) is 138 cm³/mol. The lowest BCUT2D eigenvalue weighted by Gasteiger charge is -2.12. The number of benzene rings is 1. The van der Waals surface area contributed by atoms with E-state index in [0.29, 0.717) is 51.6 Å². The lowest BCUT2D eigenvalue weighted by molar-refractivity contribution is 0.181. The molecule has 4 aromatic heterocycles. The highest BCUT2D eigenvalue weighted by molar-refractivity contribution is 7.88. The van der Waals surface area contributed by atoms with E-state index in [2.05, 4.69) is 19.8 Å². The second-order valence-corrected chi connectivity index (χ2v) is 10.5. The molecule has 1 aliphatic heterocycles. The van der Waals surface area contributed by atoms with Gasteiger partial charge >= 0.3 is 6.09 Å². The lowest BCUT2D eigenvalue weighted by atomic mass is 10.1. The van der Waals surface area contributed by atoms with Crippen molar-refractivity contribution in [1.29, 1.82) is 0 Å². The number of aromatic nitrogens is 6. The van der Waals surface area contributed by atoms with E-state index in [-0.39, 0.29) is 13.2 Å². The van der Waals surface area contributed by atoms with E-state index in [9.17, 15) is 13.2 Å². The van der Waals surface area contributed by atoms with Crippen molar-refractivity contribution in [1.82, 2.24) is 34.1 Å². The highest BCUT2D eigenvalue weighted by Gasteiger charge is 2.29. The molecule has 0 radical (unpaired) electrons. The van der Waals surface area contributed by atoms with Crippen molar-refractivity contribution in [2.45, 2.75) is 6.54 Å². The Morgan fingerprint density at radius 3 is 2.82 bits per heavy atom. The predicted octanol–water partition coefficient (Wildman–Crippen LogP) is 2.14. The van der Waals surface area contributed by atoms with Crippen LogP contribution in [0.2, 0.25) is 0 Å². The number of pyridine rings is 1. The van der Waals surface area contributed by atoms with Crippen LogP contribution < -0.4 is 14.4 Å². The van der Waals surface area contributed by atoms with Gasteiger partial charge in [-0.2, -0.15) is 5.10 Å². The zero-order valence-electron chi connectivity index (χ0n) is 20.4. The quantitative estimate of drug-likeness (QED) is 0.332. The van der Waals surface area contributed by atoms with Crippen LogP contribution in [0.5, 0.6) is 5.75 Å². The standard InChI is InChI=1S/C24H22N8O5S/c1-36-21-10-15(12-28-38(2,34)35)4-5-19(21)32-20-11-18(16-14-27-31-7-3-6-25-22(16)31)26-13-17(20)23(29-32)30-8-9-37-24(30)33/h3-7,10-11,13-14,28H,8-9,12H2,1-2H3. The van der Waals surface area contributed by atoms with Gasteiger partial charge in [0.05, 0.1) is 48.3 Å². The Kier molecular flexibility index (Phi) is 5.69. The third kappa shape index (κ3) is 4.18. The molecule has 38 heavy (non-hydrogen) atoms. The molecule has 0 bridgehead atoms. The fourth-order valence-corrected chi connectivity index (χ4v) is 4.77. The van der Waals surface area contributed by atoms with Gasteiger partial charge < -0.3 is 9.47 Å². The number of anilines is 1. The minimum atomic E-state index is -3.36. The molecule has 0 saturated carbocycles. The van der Waals surface area contributed by atoms with Crippen LogP contribution in [0.3, 0.4) is 0 Å². The first-order chi connectivity index (χ1) is 18.3. The van der Waals surface area contributed by atoms with Gasteiger partial charge in [-0.3, -0.25) is 9.88 Å². The molecule has 0 atom stereocenters. The number of nitrogens with one attached hydrogen (secondary N) is 1. The largest absolute Gasteiger partial charge is 0.494 e. The molecule has 1 aromatic carbocycles. The lowest BCUT2D eigenvalue weighted by Crippen LogP contribution is -2.24. The third-order valence-electron chi connectivity index (χ3n) is 6.13. The summed E-state index contributed by atoms with van der Waals surface area (Å²) < 4.78 is 39.7. The highest BCUT2D eigenvalue weighted by atomic mass is 32.2. The Morgan fingerprint density at radius 2 is 2.05 bits per heavy atom. The van der Waals surface area contributed by atoms with Crippen molar-refractivity contribution in [3.63, 3.8) is 0 Å². The average molecular weight is 535 g/mol. The van der Waals surface area contributed by atoms with Crippen molar-refractivity contribution in [3.8, 4) is 22.7 Å². The molecule has 0 unspecified atom stereocenters. The normalized spacial score (nSPS) is 13.9. The maximum Gasteiger partial charge on any atom is 0.415 e. The van der Waals surface area contributed by atoms with Gasteiger partial charge in [-0.05, 0) is 29.8 Å². The summed E-state index contributed by atoms with van der Waals surface area (Å²) in [5.74, 6) is 0.873. The van der Waals surface area contributed by atoms with Gasteiger partial charge in [0.25, 0.3) is 0 Å². The number of cyclic esters (lactones) is 1. The molecule has 13 nitrogen and oxygen atoms in total. The molecule has 14 heteroatoms. The Labute approximate surface area is 216 Å². The summed E-state index contributed by atoms with van der Waals surface area (Å²) in [6.07, 6.45) is 7.47. The van der Waals surface area contributed by atoms with Gasteiger partial charge in [0, 0.05) is 25.1 Å². The number of methoxy groups -OCH3 is 1. The Bertz CT molecular complexity index is 1810. The molecule has 1 aliphatic rings. The molecule has 5 aromatic rings. The number of rotatable bonds is 7. The van der Waals surface area contributed by atoms with E-state index in [0.717, 1.165) is 11.8 Å². The number of ether oxygens (including phenoxy) is 2. The third-order valence-corrected chi connectivity index (χ3v) is 6.80. The summed E-state index contributed by atoms with van der Waals surface area (Å²) in [5, 5.41) is 9.77. The molecular weight excluding hydrogens is 512 g/mol. The van der Waals surface area contributed by atoms with Crippen molar-refractivity contribution in [2.75, 3.05) is 31.4 Å². The number of nitrogens with zero attached hydrogens (tertiary/aromatic N) is 7. The van der Waals surface area contributed by atoms with Gasteiger partial charge in [0.15, 0.2) is 11.5 Å². The van der Waals surface area contributed by atoms with E-state index in [1.165, 1.54) is 12.0 Å². The summed E-state index contributed by atoms with van der Waals surface area (Å²) in [7, 11) is -1.84. The molecule has 0 spiro atoms. The first-order valence-corrected chi connectivity index (χ1v) is 13.5. The van der Waals surface area contributed by atoms with Gasteiger partial charge in [0.1, 0.15) is 18.0 Å². The van der Waals surface area contributed by atoms with Crippen LogP contribution >= 0.6 is 0 Å². The van der Waals surface area contributed by atoms with Crippen molar-refractivity contribution in [2.24, 2.45) is 0 Å². The number of carbonyl (C=O) groups excluding carboxylic acids is 1. The fourth-order valence-electron chi connectivity index (χ4n) is 4.34.